The van der Waals surface area contributed by atoms with Crippen LogP contribution in [0.25, 0.3) is 11.4 Å². The highest BCUT2D eigenvalue weighted by molar-refractivity contribution is 5.94. The average molecular weight is 429 g/mol. The molecule has 1 aliphatic rings. The van der Waals surface area contributed by atoms with Gasteiger partial charge in [0.15, 0.2) is 5.82 Å². The minimum atomic E-state index is 0.111. The lowest BCUT2D eigenvalue weighted by atomic mass is 10.0. The zero-order chi connectivity index (χ0) is 22.7. The van der Waals surface area contributed by atoms with Crippen LogP contribution in [0.2, 0.25) is 0 Å². The van der Waals surface area contributed by atoms with E-state index in [4.69, 9.17) is 9.97 Å². The molecule has 1 aromatic heterocycles. The first kappa shape index (κ1) is 22.0. The van der Waals surface area contributed by atoms with Gasteiger partial charge in [0, 0.05) is 48.6 Å². The zero-order valence-electron chi connectivity index (χ0n) is 19.5. The molecule has 0 radical (unpaired) electrons. The van der Waals surface area contributed by atoms with E-state index in [1.165, 1.54) is 5.56 Å². The second-order valence-electron chi connectivity index (χ2n) is 8.89. The number of hydrogen-bond acceptors (Lipinski definition) is 4. The van der Waals surface area contributed by atoms with Gasteiger partial charge in [0.2, 0.25) is 0 Å². The van der Waals surface area contributed by atoms with Gasteiger partial charge in [-0.15, -0.1) is 0 Å². The lowest BCUT2D eigenvalue weighted by molar-refractivity contribution is 0.0767. The number of aryl methyl sites for hydroxylation is 2. The molecule has 1 aliphatic heterocycles. The number of hydrogen-bond donors (Lipinski definition) is 0. The summed E-state index contributed by atoms with van der Waals surface area (Å²) in [6.07, 6.45) is 0.916. The lowest BCUT2D eigenvalue weighted by Gasteiger charge is -2.27. The van der Waals surface area contributed by atoms with Crippen LogP contribution in [0.1, 0.15) is 53.4 Å². The van der Waals surface area contributed by atoms with Crippen LogP contribution in [0, 0.1) is 13.8 Å². The molecule has 0 aliphatic carbocycles. The summed E-state index contributed by atoms with van der Waals surface area (Å²) in [6.45, 7) is 11.6. The molecule has 0 unspecified atom stereocenters. The van der Waals surface area contributed by atoms with Crippen molar-refractivity contribution in [3.05, 3.63) is 77.0 Å². The fourth-order valence-electron chi connectivity index (χ4n) is 4.41. The molecule has 0 atom stereocenters. The second-order valence-corrected chi connectivity index (χ2v) is 8.89. The van der Waals surface area contributed by atoms with Gasteiger partial charge in [-0.2, -0.15) is 0 Å². The molecule has 4 rings (SSSR count). The Hall–Kier alpha value is -3.21. The van der Waals surface area contributed by atoms with Crippen LogP contribution < -0.4 is 4.90 Å². The summed E-state index contributed by atoms with van der Waals surface area (Å²) in [6, 6.07) is 18.0. The predicted octanol–water partition coefficient (Wildman–Crippen LogP) is 5.24. The summed E-state index contributed by atoms with van der Waals surface area (Å²) in [5.41, 5.74) is 5.18. The van der Waals surface area contributed by atoms with E-state index in [1.807, 2.05) is 54.3 Å². The van der Waals surface area contributed by atoms with Gasteiger partial charge in [-0.05, 0) is 38.3 Å². The van der Waals surface area contributed by atoms with E-state index in [-0.39, 0.29) is 5.91 Å². The Morgan fingerprint density at radius 2 is 1.59 bits per heavy atom. The van der Waals surface area contributed by atoms with Crippen LogP contribution in [-0.2, 0) is 0 Å². The van der Waals surface area contributed by atoms with Crippen molar-refractivity contribution >= 4 is 11.7 Å². The van der Waals surface area contributed by atoms with Gasteiger partial charge in [0.05, 0.1) is 0 Å². The Morgan fingerprint density at radius 3 is 2.28 bits per heavy atom. The molecular formula is C27H32N4O. The minimum absolute atomic E-state index is 0.111. The maximum absolute atomic E-state index is 13.1. The lowest BCUT2D eigenvalue weighted by Crippen LogP contribution is -2.35. The Balaban J connectivity index is 1.61. The first-order valence-corrected chi connectivity index (χ1v) is 11.5. The fraction of sp³-hybridized carbons (Fsp3) is 0.370. The molecular weight excluding hydrogens is 396 g/mol. The quantitative estimate of drug-likeness (QED) is 0.570. The number of anilines is 1. The highest BCUT2D eigenvalue weighted by atomic mass is 16.2. The molecule has 3 aromatic rings. The van der Waals surface area contributed by atoms with Crippen LogP contribution in [0.15, 0.2) is 54.6 Å². The molecule has 2 aromatic carbocycles. The summed E-state index contributed by atoms with van der Waals surface area (Å²) in [5.74, 6) is 2.21. The molecule has 5 heteroatoms. The maximum Gasteiger partial charge on any atom is 0.253 e. The van der Waals surface area contributed by atoms with Crippen LogP contribution in [0.3, 0.4) is 0 Å². The Morgan fingerprint density at radius 1 is 0.875 bits per heavy atom. The monoisotopic (exact) mass is 428 g/mol. The summed E-state index contributed by atoms with van der Waals surface area (Å²) in [7, 11) is 0. The van der Waals surface area contributed by atoms with Gasteiger partial charge in [0.1, 0.15) is 5.82 Å². The van der Waals surface area contributed by atoms with Crippen molar-refractivity contribution < 1.29 is 4.79 Å². The highest BCUT2D eigenvalue weighted by Gasteiger charge is 2.25. The van der Waals surface area contributed by atoms with Gasteiger partial charge >= 0.3 is 0 Å². The molecule has 0 N–H and O–H groups in total. The average Bonchev–Trinajstić information content (AvgIpc) is 3.05. The SMILES string of the molecule is Cc1ccc(C(=O)N2CCCN(c3nc(-c4ccccc4)nc(C)c3C(C)C)CC2)cc1. The number of carbonyl (C=O) groups is 1. The maximum atomic E-state index is 13.1. The van der Waals surface area contributed by atoms with Gasteiger partial charge in [-0.3, -0.25) is 4.79 Å². The third kappa shape index (κ3) is 4.67. The van der Waals surface area contributed by atoms with E-state index in [0.29, 0.717) is 12.5 Å². The van der Waals surface area contributed by atoms with Crippen LogP contribution >= 0.6 is 0 Å². The van der Waals surface area contributed by atoms with Crippen molar-refractivity contribution in [2.75, 3.05) is 31.1 Å². The van der Waals surface area contributed by atoms with E-state index in [1.54, 1.807) is 0 Å². The number of amides is 1. The van der Waals surface area contributed by atoms with Crippen molar-refractivity contribution in [2.45, 2.75) is 40.0 Å². The van der Waals surface area contributed by atoms with Crippen molar-refractivity contribution in [3.8, 4) is 11.4 Å². The van der Waals surface area contributed by atoms with Gasteiger partial charge in [-0.1, -0.05) is 61.9 Å². The Bertz CT molecular complexity index is 1080. The number of rotatable bonds is 4. The molecule has 1 amide bonds. The first-order valence-electron chi connectivity index (χ1n) is 11.5. The van der Waals surface area contributed by atoms with Gasteiger partial charge < -0.3 is 9.80 Å². The third-order valence-corrected chi connectivity index (χ3v) is 6.11. The third-order valence-electron chi connectivity index (χ3n) is 6.11. The Labute approximate surface area is 191 Å². The molecule has 166 valence electrons. The van der Waals surface area contributed by atoms with E-state index >= 15 is 0 Å². The molecule has 1 saturated heterocycles. The highest BCUT2D eigenvalue weighted by Crippen LogP contribution is 2.31. The Kier molecular flexibility index (Phi) is 6.54. The molecule has 0 saturated carbocycles. The number of nitrogens with zero attached hydrogens (tertiary/aromatic N) is 4. The van der Waals surface area contributed by atoms with Crippen LogP contribution in [-0.4, -0.2) is 47.0 Å². The van der Waals surface area contributed by atoms with E-state index in [0.717, 1.165) is 60.1 Å². The van der Waals surface area contributed by atoms with Crippen molar-refractivity contribution in [2.24, 2.45) is 0 Å². The fourth-order valence-corrected chi connectivity index (χ4v) is 4.41. The van der Waals surface area contributed by atoms with Crippen molar-refractivity contribution in [3.63, 3.8) is 0 Å². The second kappa shape index (κ2) is 9.51. The summed E-state index contributed by atoms with van der Waals surface area (Å²) in [5, 5.41) is 0. The molecule has 2 heterocycles. The topological polar surface area (TPSA) is 49.3 Å². The van der Waals surface area contributed by atoms with E-state index < -0.39 is 0 Å². The number of carbonyl (C=O) groups excluding carboxylic acids is 1. The van der Waals surface area contributed by atoms with Crippen molar-refractivity contribution in [1.82, 2.24) is 14.9 Å². The smallest absolute Gasteiger partial charge is 0.253 e. The van der Waals surface area contributed by atoms with Crippen molar-refractivity contribution in [1.29, 1.82) is 0 Å². The van der Waals surface area contributed by atoms with Gasteiger partial charge in [-0.25, -0.2) is 9.97 Å². The standard InChI is InChI=1S/C27H32N4O/c1-19(2)24-21(4)28-25(22-9-6-5-7-10-22)29-26(24)30-15-8-16-31(18-17-30)27(32)23-13-11-20(3)12-14-23/h5-7,9-14,19H,8,15-18H2,1-4H3. The van der Waals surface area contributed by atoms with E-state index in [9.17, 15) is 4.79 Å². The molecule has 0 spiro atoms. The molecule has 1 fully saturated rings. The number of aromatic nitrogens is 2. The molecule has 5 nitrogen and oxygen atoms in total. The van der Waals surface area contributed by atoms with Gasteiger partial charge in [0.25, 0.3) is 5.91 Å². The van der Waals surface area contributed by atoms with E-state index in [2.05, 4.69) is 37.8 Å². The first-order chi connectivity index (χ1) is 15.4. The molecule has 0 bridgehead atoms. The summed E-state index contributed by atoms with van der Waals surface area (Å²) in [4.78, 5) is 27.3. The normalized spacial score (nSPS) is 14.5. The largest absolute Gasteiger partial charge is 0.354 e. The number of benzene rings is 2. The molecule has 32 heavy (non-hydrogen) atoms. The zero-order valence-corrected chi connectivity index (χ0v) is 19.5. The van der Waals surface area contributed by atoms with Crippen LogP contribution in [0.5, 0.6) is 0 Å². The minimum Gasteiger partial charge on any atom is -0.354 e. The predicted molar refractivity (Wildman–Crippen MR) is 130 cm³/mol. The van der Waals surface area contributed by atoms with Crippen LogP contribution in [0.4, 0.5) is 5.82 Å². The summed E-state index contributed by atoms with van der Waals surface area (Å²) >= 11 is 0. The summed E-state index contributed by atoms with van der Waals surface area (Å²) < 4.78 is 0.